The van der Waals surface area contributed by atoms with E-state index in [2.05, 4.69) is 31.8 Å². The van der Waals surface area contributed by atoms with Crippen LogP contribution in [0, 0.1) is 0 Å². The fourth-order valence-electron chi connectivity index (χ4n) is 2.20. The smallest absolute Gasteiger partial charge is 0.329 e. The molecule has 2 aromatic carbocycles. The molecule has 0 spiro atoms. The van der Waals surface area contributed by atoms with Crippen LogP contribution < -0.4 is 15.5 Å². The molecule has 0 aliphatic heterocycles. The van der Waals surface area contributed by atoms with Crippen molar-refractivity contribution in [2.45, 2.75) is 13.0 Å². The van der Waals surface area contributed by atoms with Crippen molar-refractivity contribution in [3.63, 3.8) is 0 Å². The third-order valence-electron chi connectivity index (χ3n) is 3.69. The summed E-state index contributed by atoms with van der Waals surface area (Å²) in [5.74, 6) is -0.943. The van der Waals surface area contributed by atoms with E-state index in [1.807, 2.05) is 24.3 Å². The zero-order valence-corrected chi connectivity index (χ0v) is 18.1. The highest BCUT2D eigenvalue weighted by molar-refractivity contribution is 9.10. The number of benzene rings is 2. The molecule has 0 aliphatic rings. The maximum absolute atomic E-state index is 11.7. The molecule has 0 aromatic heterocycles. The number of halogens is 2. The number of nitrogens with one attached hydrogen (secondary N) is 2. The topological polar surface area (TPSA) is 89.0 Å². The normalized spacial score (nSPS) is 10.7. The van der Waals surface area contributed by atoms with Crippen molar-refractivity contribution < 1.29 is 19.1 Å². The fraction of sp³-hybridized carbons (Fsp3) is 0.250. The first-order valence-corrected chi connectivity index (χ1v) is 9.94. The molecule has 0 saturated carbocycles. The van der Waals surface area contributed by atoms with Gasteiger partial charge >= 0.3 is 11.8 Å². The van der Waals surface area contributed by atoms with E-state index in [9.17, 15) is 9.59 Å². The zero-order valence-electron chi connectivity index (χ0n) is 15.8. The Morgan fingerprint density at radius 2 is 2.00 bits per heavy atom. The van der Waals surface area contributed by atoms with Gasteiger partial charge in [0.25, 0.3) is 0 Å². The Hall–Kier alpha value is -2.42. The van der Waals surface area contributed by atoms with Crippen LogP contribution in [0.1, 0.15) is 17.5 Å². The minimum atomic E-state index is -0.836. The molecule has 0 heterocycles. The first-order valence-electron chi connectivity index (χ1n) is 8.77. The lowest BCUT2D eigenvalue weighted by atomic mass is 10.2. The average Bonchev–Trinajstić information content (AvgIpc) is 2.71. The highest BCUT2D eigenvalue weighted by Gasteiger charge is 2.11. The molecular weight excluding hydrogens is 462 g/mol. The van der Waals surface area contributed by atoms with Crippen LogP contribution in [0.2, 0.25) is 5.02 Å². The number of carbonyl (C=O) groups is 2. The fourth-order valence-corrected chi connectivity index (χ4v) is 2.90. The number of hydrogen-bond acceptors (Lipinski definition) is 5. The van der Waals surface area contributed by atoms with Crippen LogP contribution in [-0.4, -0.2) is 38.3 Å². The van der Waals surface area contributed by atoms with E-state index in [0.29, 0.717) is 42.5 Å². The third kappa shape index (κ3) is 7.84. The Morgan fingerprint density at radius 3 is 2.72 bits per heavy atom. The standard InChI is InChI=1S/C20H21BrClN3O4/c1-28-10-4-9-23-19(26)20(27)25-24-12-14-7-8-18(16(21)11-14)29-13-15-5-2-3-6-17(15)22/h2-3,5-8,11-12H,4,9-10,13H2,1H3,(H,23,26)(H,25,27)/b24-12-. The first-order chi connectivity index (χ1) is 14.0. The quantitative estimate of drug-likeness (QED) is 0.248. The van der Waals surface area contributed by atoms with Gasteiger partial charge in [-0.15, -0.1) is 0 Å². The van der Waals surface area contributed by atoms with Gasteiger partial charge in [-0.3, -0.25) is 9.59 Å². The predicted molar refractivity (Wildman–Crippen MR) is 115 cm³/mol. The molecule has 0 fully saturated rings. The van der Waals surface area contributed by atoms with Crippen LogP contribution >= 0.6 is 27.5 Å². The molecule has 0 unspecified atom stereocenters. The lowest BCUT2D eigenvalue weighted by molar-refractivity contribution is -0.139. The molecular formula is C20H21BrClN3O4. The number of nitrogens with zero attached hydrogens (tertiary/aromatic N) is 1. The van der Waals surface area contributed by atoms with Crippen molar-refractivity contribution in [2.75, 3.05) is 20.3 Å². The number of hydrazone groups is 1. The maximum Gasteiger partial charge on any atom is 0.329 e. The second-order valence-corrected chi connectivity index (χ2v) is 7.13. The van der Waals surface area contributed by atoms with Crippen LogP contribution in [0.4, 0.5) is 0 Å². The third-order valence-corrected chi connectivity index (χ3v) is 4.68. The van der Waals surface area contributed by atoms with Crippen molar-refractivity contribution >= 4 is 45.6 Å². The van der Waals surface area contributed by atoms with Gasteiger partial charge in [0, 0.05) is 30.8 Å². The zero-order chi connectivity index (χ0) is 21.1. The summed E-state index contributed by atoms with van der Waals surface area (Å²) in [6, 6.07) is 12.8. The Morgan fingerprint density at radius 1 is 1.21 bits per heavy atom. The monoisotopic (exact) mass is 481 g/mol. The minimum absolute atomic E-state index is 0.335. The maximum atomic E-state index is 11.7. The van der Waals surface area contributed by atoms with Gasteiger partial charge in [0.2, 0.25) is 0 Å². The molecule has 9 heteroatoms. The van der Waals surface area contributed by atoms with E-state index >= 15 is 0 Å². The highest BCUT2D eigenvalue weighted by Crippen LogP contribution is 2.27. The van der Waals surface area contributed by atoms with E-state index in [4.69, 9.17) is 21.1 Å². The predicted octanol–water partition coefficient (Wildman–Crippen LogP) is 3.28. The minimum Gasteiger partial charge on any atom is -0.488 e. The van der Waals surface area contributed by atoms with Crippen molar-refractivity contribution in [3.05, 3.63) is 63.1 Å². The molecule has 0 aliphatic carbocycles. The van der Waals surface area contributed by atoms with Gasteiger partial charge in [0.05, 0.1) is 10.7 Å². The summed E-state index contributed by atoms with van der Waals surface area (Å²) in [5, 5.41) is 6.91. The lowest BCUT2D eigenvalue weighted by Gasteiger charge is -2.10. The number of ether oxygens (including phenoxy) is 2. The summed E-state index contributed by atoms with van der Waals surface area (Å²) >= 11 is 9.57. The van der Waals surface area contributed by atoms with Gasteiger partial charge < -0.3 is 14.8 Å². The Bertz CT molecular complexity index is 877. The number of rotatable bonds is 9. The molecule has 154 valence electrons. The van der Waals surface area contributed by atoms with Crippen molar-refractivity contribution in [2.24, 2.45) is 5.10 Å². The van der Waals surface area contributed by atoms with E-state index in [1.165, 1.54) is 6.21 Å². The molecule has 2 aromatic rings. The molecule has 7 nitrogen and oxygen atoms in total. The molecule has 2 N–H and O–H groups in total. The number of methoxy groups -OCH3 is 1. The Labute approximate surface area is 182 Å². The molecule has 0 radical (unpaired) electrons. The second kappa shape index (κ2) is 12.2. The summed E-state index contributed by atoms with van der Waals surface area (Å²) in [5.41, 5.74) is 3.78. The molecule has 2 amide bonds. The van der Waals surface area contributed by atoms with Crippen LogP contribution in [0.5, 0.6) is 5.75 Å². The summed E-state index contributed by atoms with van der Waals surface area (Å²) < 4.78 is 11.4. The number of hydrogen-bond donors (Lipinski definition) is 2. The molecule has 2 rings (SSSR count). The Balaban J connectivity index is 1.84. The van der Waals surface area contributed by atoms with Crippen LogP contribution in [0.15, 0.2) is 52.0 Å². The van der Waals surface area contributed by atoms with Gasteiger partial charge in [0.1, 0.15) is 12.4 Å². The van der Waals surface area contributed by atoms with Gasteiger partial charge in [-0.2, -0.15) is 5.10 Å². The summed E-state index contributed by atoms with van der Waals surface area (Å²) in [6.45, 7) is 1.20. The molecule has 0 atom stereocenters. The van der Waals surface area contributed by atoms with Crippen molar-refractivity contribution in [1.82, 2.24) is 10.7 Å². The first kappa shape index (κ1) is 22.9. The van der Waals surface area contributed by atoms with Gasteiger partial charge in [-0.25, -0.2) is 5.43 Å². The SMILES string of the molecule is COCCCNC(=O)C(=O)N/N=C\c1ccc(OCc2ccccc2Cl)c(Br)c1. The van der Waals surface area contributed by atoms with Crippen LogP contribution in [-0.2, 0) is 20.9 Å². The van der Waals surface area contributed by atoms with E-state index in [-0.39, 0.29) is 0 Å². The highest BCUT2D eigenvalue weighted by atomic mass is 79.9. The van der Waals surface area contributed by atoms with Crippen LogP contribution in [0.3, 0.4) is 0 Å². The van der Waals surface area contributed by atoms with E-state index in [1.54, 1.807) is 25.3 Å². The largest absolute Gasteiger partial charge is 0.488 e. The summed E-state index contributed by atoms with van der Waals surface area (Å²) in [7, 11) is 1.57. The average molecular weight is 483 g/mol. The summed E-state index contributed by atoms with van der Waals surface area (Å²) in [6.07, 6.45) is 2.05. The van der Waals surface area contributed by atoms with Crippen molar-refractivity contribution in [3.8, 4) is 5.75 Å². The second-order valence-electron chi connectivity index (χ2n) is 5.87. The Kier molecular flexibility index (Phi) is 9.63. The van der Waals surface area contributed by atoms with Crippen molar-refractivity contribution in [1.29, 1.82) is 0 Å². The lowest BCUT2D eigenvalue weighted by Crippen LogP contribution is -2.38. The number of carbonyl (C=O) groups excluding carboxylic acids is 2. The van der Waals surface area contributed by atoms with Gasteiger partial charge in [0.15, 0.2) is 0 Å². The van der Waals surface area contributed by atoms with Gasteiger partial charge in [-0.05, 0) is 52.2 Å². The summed E-state index contributed by atoms with van der Waals surface area (Å²) in [4.78, 5) is 23.2. The van der Waals surface area contributed by atoms with Crippen LogP contribution in [0.25, 0.3) is 0 Å². The molecule has 29 heavy (non-hydrogen) atoms. The van der Waals surface area contributed by atoms with E-state index < -0.39 is 11.8 Å². The van der Waals surface area contributed by atoms with Gasteiger partial charge in [-0.1, -0.05) is 29.8 Å². The number of amides is 2. The van der Waals surface area contributed by atoms with E-state index in [0.717, 1.165) is 10.0 Å². The molecule has 0 bridgehead atoms. The molecule has 0 saturated heterocycles.